The van der Waals surface area contributed by atoms with Crippen LogP contribution in [-0.2, 0) is 4.79 Å². The quantitative estimate of drug-likeness (QED) is 0.344. The summed E-state index contributed by atoms with van der Waals surface area (Å²) in [4.78, 5) is 19.0. The first-order valence-corrected chi connectivity index (χ1v) is 9.83. The number of thiazole rings is 1. The molecule has 0 unspecified atom stereocenters. The summed E-state index contributed by atoms with van der Waals surface area (Å²) < 4.78 is 1.61. The van der Waals surface area contributed by atoms with Gasteiger partial charge in [-0.3, -0.25) is 4.79 Å². The zero-order chi connectivity index (χ0) is 19.6. The van der Waals surface area contributed by atoms with E-state index < -0.39 is 0 Å². The number of carbonyl (C=O) groups excluding carboxylic acids is 1. The first-order chi connectivity index (χ1) is 12.9. The van der Waals surface area contributed by atoms with E-state index in [2.05, 4.69) is 17.6 Å². The van der Waals surface area contributed by atoms with Gasteiger partial charge in [-0.2, -0.15) is 5.26 Å². The van der Waals surface area contributed by atoms with Crippen molar-refractivity contribution in [1.29, 1.82) is 5.26 Å². The van der Waals surface area contributed by atoms with Gasteiger partial charge >= 0.3 is 0 Å². The van der Waals surface area contributed by atoms with E-state index in [0.29, 0.717) is 9.36 Å². The van der Waals surface area contributed by atoms with Gasteiger partial charge in [0, 0.05) is 16.8 Å². The molecule has 0 aliphatic heterocycles. The molecule has 1 aromatic heterocycles. The fourth-order valence-corrected chi connectivity index (χ4v) is 3.97. The average molecular weight is 414 g/mol. The van der Waals surface area contributed by atoms with Crippen LogP contribution >= 0.6 is 35.6 Å². The number of rotatable bonds is 4. The van der Waals surface area contributed by atoms with Gasteiger partial charge in [0.05, 0.1) is 10.2 Å². The van der Waals surface area contributed by atoms with Crippen molar-refractivity contribution in [2.75, 3.05) is 4.90 Å². The summed E-state index contributed by atoms with van der Waals surface area (Å²) in [5.74, 6) is -0.350. The second-order valence-electron chi connectivity index (χ2n) is 6.14. The number of benzene rings is 2. The van der Waals surface area contributed by atoms with Gasteiger partial charge in [-0.05, 0) is 55.8 Å². The molecule has 4 nitrogen and oxygen atoms in total. The molecular formula is C20H16ClN3OS2. The van der Waals surface area contributed by atoms with Gasteiger partial charge in [0.25, 0.3) is 5.91 Å². The van der Waals surface area contributed by atoms with Gasteiger partial charge in [-0.15, -0.1) is 24.0 Å². The van der Waals surface area contributed by atoms with Crippen LogP contribution in [0.4, 0.5) is 5.69 Å². The molecule has 3 rings (SSSR count). The fourth-order valence-electron chi connectivity index (χ4n) is 2.70. The second-order valence-corrected chi connectivity index (χ2v) is 8.33. The zero-order valence-corrected chi connectivity index (χ0v) is 17.1. The minimum atomic E-state index is -0.350. The van der Waals surface area contributed by atoms with E-state index >= 15 is 0 Å². The van der Waals surface area contributed by atoms with Crippen LogP contribution in [-0.4, -0.2) is 16.9 Å². The Balaban J connectivity index is 2.00. The molecule has 0 bridgehead atoms. The number of aromatic nitrogens is 1. The number of fused-ring (bicyclic) bond motifs is 1. The molecule has 0 aliphatic carbocycles. The summed E-state index contributed by atoms with van der Waals surface area (Å²) in [6, 6.07) is 14.5. The molecular weight excluding hydrogens is 398 g/mol. The predicted octanol–water partition coefficient (Wildman–Crippen LogP) is 5.59. The minimum Gasteiger partial charge on any atom is -0.305 e. The highest BCUT2D eigenvalue weighted by Gasteiger charge is 2.23. The first-order valence-electron chi connectivity index (χ1n) is 8.19. The topological polar surface area (TPSA) is 57.0 Å². The van der Waals surface area contributed by atoms with Crippen molar-refractivity contribution in [2.24, 2.45) is 0 Å². The highest BCUT2D eigenvalue weighted by Crippen LogP contribution is 2.30. The van der Waals surface area contributed by atoms with E-state index in [1.165, 1.54) is 11.3 Å². The zero-order valence-electron chi connectivity index (χ0n) is 14.7. The Labute approximate surface area is 172 Å². The summed E-state index contributed by atoms with van der Waals surface area (Å²) >= 11 is 11.6. The molecule has 136 valence electrons. The normalized spacial score (nSPS) is 11.6. The molecule has 0 radical (unpaired) electrons. The van der Waals surface area contributed by atoms with Crippen molar-refractivity contribution in [1.82, 2.24) is 4.98 Å². The number of thiol groups is 1. The van der Waals surface area contributed by atoms with Crippen LogP contribution in [0.2, 0.25) is 5.02 Å². The summed E-state index contributed by atoms with van der Waals surface area (Å²) in [7, 11) is 0. The van der Waals surface area contributed by atoms with E-state index in [-0.39, 0.29) is 17.5 Å². The highest BCUT2D eigenvalue weighted by molar-refractivity contribution is 7.82. The smallest absolute Gasteiger partial charge is 0.269 e. The van der Waals surface area contributed by atoms with Crippen LogP contribution in [0, 0.1) is 11.3 Å². The SMILES string of the molecule is CC(C)N(C(=O)/C(C#N)=C/c1ccc(Cl)cc1)c1ccc2nc(S)sc2c1. The molecule has 0 saturated heterocycles. The summed E-state index contributed by atoms with van der Waals surface area (Å²) in [5, 5.41) is 10.2. The molecule has 0 aliphatic rings. The van der Waals surface area contributed by atoms with Crippen molar-refractivity contribution in [2.45, 2.75) is 24.2 Å². The first kappa shape index (κ1) is 19.4. The number of nitriles is 1. The molecule has 0 saturated carbocycles. The van der Waals surface area contributed by atoms with E-state index in [1.54, 1.807) is 35.2 Å². The highest BCUT2D eigenvalue weighted by atomic mass is 35.5. The lowest BCUT2D eigenvalue weighted by Crippen LogP contribution is -2.37. The van der Waals surface area contributed by atoms with E-state index in [1.807, 2.05) is 38.1 Å². The number of halogens is 1. The van der Waals surface area contributed by atoms with E-state index in [4.69, 9.17) is 11.6 Å². The molecule has 27 heavy (non-hydrogen) atoms. The maximum atomic E-state index is 13.1. The van der Waals surface area contributed by atoms with Crippen molar-refractivity contribution in [3.05, 3.63) is 58.6 Å². The largest absolute Gasteiger partial charge is 0.305 e. The summed E-state index contributed by atoms with van der Waals surface area (Å²) in [6.07, 6.45) is 1.57. The molecule has 0 spiro atoms. The minimum absolute atomic E-state index is 0.0605. The van der Waals surface area contributed by atoms with Crippen LogP contribution < -0.4 is 4.90 Å². The van der Waals surface area contributed by atoms with Crippen molar-refractivity contribution >= 4 is 63.5 Å². The summed E-state index contributed by atoms with van der Waals surface area (Å²) in [6.45, 7) is 3.83. The molecule has 0 fully saturated rings. The number of hydrogen-bond donors (Lipinski definition) is 1. The van der Waals surface area contributed by atoms with Gasteiger partial charge in [0.2, 0.25) is 0 Å². The van der Waals surface area contributed by atoms with E-state index in [0.717, 1.165) is 21.5 Å². The Morgan fingerprint density at radius 3 is 2.63 bits per heavy atom. The maximum absolute atomic E-state index is 13.1. The number of hydrogen-bond acceptors (Lipinski definition) is 5. The van der Waals surface area contributed by atoms with E-state index in [9.17, 15) is 10.1 Å². The second kappa shape index (κ2) is 8.13. The molecule has 0 N–H and O–H groups in total. The molecule has 7 heteroatoms. The van der Waals surface area contributed by atoms with Gasteiger partial charge < -0.3 is 4.90 Å². The Morgan fingerprint density at radius 1 is 1.30 bits per heavy atom. The van der Waals surface area contributed by atoms with Crippen LogP contribution in [0.25, 0.3) is 16.3 Å². The van der Waals surface area contributed by atoms with Crippen LogP contribution in [0.15, 0.2) is 52.4 Å². The Hall–Kier alpha value is -2.33. The van der Waals surface area contributed by atoms with Gasteiger partial charge in [0.15, 0.2) is 0 Å². The molecule has 0 atom stereocenters. The summed E-state index contributed by atoms with van der Waals surface area (Å²) in [5.41, 5.74) is 2.36. The molecule has 2 aromatic carbocycles. The van der Waals surface area contributed by atoms with Gasteiger partial charge in [-0.1, -0.05) is 23.7 Å². The van der Waals surface area contributed by atoms with Crippen LogP contribution in [0.1, 0.15) is 19.4 Å². The van der Waals surface area contributed by atoms with Crippen molar-refractivity contribution in [3.8, 4) is 6.07 Å². The molecule has 1 amide bonds. The number of nitrogens with zero attached hydrogens (tertiary/aromatic N) is 3. The maximum Gasteiger partial charge on any atom is 0.269 e. The van der Waals surface area contributed by atoms with Crippen LogP contribution in [0.5, 0.6) is 0 Å². The number of anilines is 1. The fraction of sp³-hybridized carbons (Fsp3) is 0.150. The van der Waals surface area contributed by atoms with Gasteiger partial charge in [0.1, 0.15) is 16.0 Å². The number of amides is 1. The Morgan fingerprint density at radius 2 is 2.00 bits per heavy atom. The Bertz CT molecular complexity index is 1070. The van der Waals surface area contributed by atoms with Crippen LogP contribution in [0.3, 0.4) is 0 Å². The monoisotopic (exact) mass is 413 g/mol. The van der Waals surface area contributed by atoms with Crippen molar-refractivity contribution in [3.63, 3.8) is 0 Å². The lowest BCUT2D eigenvalue weighted by molar-refractivity contribution is -0.115. The lowest BCUT2D eigenvalue weighted by Gasteiger charge is -2.26. The third-order valence-electron chi connectivity index (χ3n) is 3.91. The third-order valence-corrected chi connectivity index (χ3v) is 5.35. The Kier molecular flexibility index (Phi) is 5.85. The molecule has 3 aromatic rings. The lowest BCUT2D eigenvalue weighted by atomic mass is 10.1. The molecule has 1 heterocycles. The third kappa shape index (κ3) is 4.33. The standard InChI is InChI=1S/C20H16ClN3OS2/c1-12(2)24(16-7-8-17-18(10-16)27-20(26)23-17)19(25)14(11-22)9-13-3-5-15(21)6-4-13/h3-10,12H,1-2H3,(H,23,26)/b14-9+. The number of carbonyl (C=O) groups is 1. The van der Waals surface area contributed by atoms with Crippen molar-refractivity contribution < 1.29 is 4.79 Å². The predicted molar refractivity (Wildman–Crippen MR) is 115 cm³/mol. The average Bonchev–Trinajstić information content (AvgIpc) is 3.00. The van der Waals surface area contributed by atoms with Gasteiger partial charge in [-0.25, -0.2) is 4.98 Å².